The Hall–Kier alpha value is -2.43. The molecular formula is C21H19F7N2OS. The lowest BCUT2D eigenvalue weighted by Gasteiger charge is -2.35. The van der Waals surface area contributed by atoms with Gasteiger partial charge in [-0.25, -0.2) is 9.18 Å². The normalized spacial score (nSPS) is 19.3. The lowest BCUT2D eigenvalue weighted by Crippen LogP contribution is -2.48. The van der Waals surface area contributed by atoms with Crippen molar-refractivity contribution in [1.82, 2.24) is 4.90 Å². The molecule has 3 nitrogen and oxygen atoms in total. The first-order chi connectivity index (χ1) is 14.8. The number of alkyl halides is 6. The number of carbonyl (C=O) groups is 1. The Morgan fingerprint density at radius 3 is 2.50 bits per heavy atom. The molecule has 1 fully saturated rings. The predicted octanol–water partition coefficient (Wildman–Crippen LogP) is 7.09. The van der Waals surface area contributed by atoms with E-state index in [1.807, 2.05) is 0 Å². The number of rotatable bonds is 4. The van der Waals surface area contributed by atoms with Crippen molar-refractivity contribution in [2.75, 3.05) is 11.9 Å². The third kappa shape index (κ3) is 5.87. The number of nitrogens with zero attached hydrogens (tertiary/aromatic N) is 1. The van der Waals surface area contributed by atoms with Crippen molar-refractivity contribution in [2.24, 2.45) is 0 Å². The minimum Gasteiger partial charge on any atom is -0.319 e. The molecule has 11 heteroatoms. The van der Waals surface area contributed by atoms with Crippen LogP contribution in [0.4, 0.5) is 41.2 Å². The number of nitrogens with one attached hydrogen (secondary N) is 1. The maximum atomic E-state index is 13.6. The Morgan fingerprint density at radius 1 is 1.12 bits per heavy atom. The third-order valence-electron chi connectivity index (χ3n) is 5.23. The molecule has 0 aliphatic carbocycles. The molecule has 0 saturated carbocycles. The molecule has 1 N–H and O–H groups in total. The highest BCUT2D eigenvalue weighted by atomic mass is 32.2. The molecule has 0 spiro atoms. The molecule has 3 rings (SSSR count). The number of hydrogen-bond acceptors (Lipinski definition) is 2. The summed E-state index contributed by atoms with van der Waals surface area (Å²) in [6, 6.07) is 7.46. The number of thioether (sulfide) groups is 1. The minimum atomic E-state index is -4.84. The minimum absolute atomic E-state index is 0.0632. The SMILES string of the molecule is CC1(Cc2ccc(F)c(C(F)(F)F)c2)CCCN1C(=O)Nc1cccc(SC(F)(F)F)c1. The standard InChI is InChI=1S/C21H19F7N2OS/c1-19(12-13-6-7-17(22)16(10-13)20(23,24)25)8-3-9-30(19)18(31)29-14-4-2-5-15(11-14)32-21(26,27)28/h2,4-7,10-11H,3,8-9,12H2,1H3,(H,29,31). The van der Waals surface area contributed by atoms with Gasteiger partial charge in [0.05, 0.1) is 5.56 Å². The highest BCUT2D eigenvalue weighted by molar-refractivity contribution is 8.00. The van der Waals surface area contributed by atoms with Gasteiger partial charge in [0.1, 0.15) is 5.82 Å². The van der Waals surface area contributed by atoms with E-state index in [2.05, 4.69) is 5.32 Å². The Bertz CT molecular complexity index is 993. The number of amides is 2. The van der Waals surface area contributed by atoms with Crippen molar-refractivity contribution in [3.63, 3.8) is 0 Å². The zero-order chi connectivity index (χ0) is 23.7. The molecule has 2 amide bonds. The number of carbonyl (C=O) groups excluding carboxylic acids is 1. The molecule has 174 valence electrons. The van der Waals surface area contributed by atoms with Crippen LogP contribution in [0.25, 0.3) is 0 Å². The molecule has 2 aromatic rings. The summed E-state index contributed by atoms with van der Waals surface area (Å²) in [5, 5.41) is 2.56. The van der Waals surface area contributed by atoms with Crippen LogP contribution in [0.3, 0.4) is 0 Å². The summed E-state index contributed by atoms with van der Waals surface area (Å²) in [5.41, 5.74) is -6.29. The number of likely N-dealkylation sites (tertiary alicyclic amines) is 1. The summed E-state index contributed by atoms with van der Waals surface area (Å²) in [5.74, 6) is -1.37. The maximum Gasteiger partial charge on any atom is 0.446 e. The largest absolute Gasteiger partial charge is 0.446 e. The first-order valence-electron chi connectivity index (χ1n) is 9.57. The molecule has 0 bridgehead atoms. The van der Waals surface area contributed by atoms with Crippen LogP contribution in [0.2, 0.25) is 0 Å². The van der Waals surface area contributed by atoms with E-state index in [1.165, 1.54) is 35.2 Å². The van der Waals surface area contributed by atoms with Crippen LogP contribution in [0.5, 0.6) is 0 Å². The fraction of sp³-hybridized carbons (Fsp3) is 0.381. The zero-order valence-electron chi connectivity index (χ0n) is 16.8. The van der Waals surface area contributed by atoms with Crippen LogP contribution >= 0.6 is 11.8 Å². The molecule has 1 atom stereocenters. The van der Waals surface area contributed by atoms with E-state index in [0.717, 1.165) is 12.1 Å². The third-order valence-corrected chi connectivity index (χ3v) is 5.95. The topological polar surface area (TPSA) is 32.3 Å². The molecule has 1 heterocycles. The summed E-state index contributed by atoms with van der Waals surface area (Å²) in [7, 11) is 0. The van der Waals surface area contributed by atoms with Crippen LogP contribution in [-0.4, -0.2) is 28.5 Å². The Morgan fingerprint density at radius 2 is 1.84 bits per heavy atom. The van der Waals surface area contributed by atoms with Crippen molar-refractivity contribution in [1.29, 1.82) is 0 Å². The van der Waals surface area contributed by atoms with Crippen LogP contribution in [0.15, 0.2) is 47.4 Å². The number of halogens is 7. The van der Waals surface area contributed by atoms with Gasteiger partial charge in [0.25, 0.3) is 0 Å². The molecule has 32 heavy (non-hydrogen) atoms. The maximum absolute atomic E-state index is 13.6. The Labute approximate surface area is 184 Å². The highest BCUT2D eigenvalue weighted by Gasteiger charge is 2.41. The summed E-state index contributed by atoms with van der Waals surface area (Å²) < 4.78 is 90.5. The van der Waals surface area contributed by atoms with Gasteiger partial charge in [0.15, 0.2) is 0 Å². The van der Waals surface area contributed by atoms with Gasteiger partial charge >= 0.3 is 17.7 Å². The van der Waals surface area contributed by atoms with E-state index in [4.69, 9.17) is 0 Å². The summed E-state index contributed by atoms with van der Waals surface area (Å²) in [6.45, 7) is 2.04. The van der Waals surface area contributed by atoms with Crippen LogP contribution in [0.1, 0.15) is 30.9 Å². The molecule has 1 aliphatic rings. The first-order valence-corrected chi connectivity index (χ1v) is 10.4. The second kappa shape index (κ2) is 8.84. The van der Waals surface area contributed by atoms with Crippen molar-refractivity contribution < 1.29 is 35.5 Å². The second-order valence-electron chi connectivity index (χ2n) is 7.75. The quantitative estimate of drug-likeness (QED) is 0.375. The monoisotopic (exact) mass is 480 g/mol. The fourth-order valence-corrected chi connectivity index (χ4v) is 4.45. The zero-order valence-corrected chi connectivity index (χ0v) is 17.6. The number of urea groups is 1. The first kappa shape index (κ1) is 24.2. The van der Waals surface area contributed by atoms with Gasteiger partial charge in [-0.1, -0.05) is 12.1 Å². The van der Waals surface area contributed by atoms with Gasteiger partial charge < -0.3 is 10.2 Å². The number of anilines is 1. The van der Waals surface area contributed by atoms with Crippen molar-refractivity contribution >= 4 is 23.5 Å². The summed E-state index contributed by atoms with van der Waals surface area (Å²) >= 11 is -0.307. The Kier molecular flexibility index (Phi) is 6.69. The summed E-state index contributed by atoms with van der Waals surface area (Å²) in [6.07, 6.45) is -3.68. The van der Waals surface area contributed by atoms with E-state index in [9.17, 15) is 35.5 Å². The molecule has 1 saturated heterocycles. The van der Waals surface area contributed by atoms with E-state index >= 15 is 0 Å². The van der Waals surface area contributed by atoms with E-state index in [0.29, 0.717) is 19.4 Å². The molecule has 0 aromatic heterocycles. The van der Waals surface area contributed by atoms with Gasteiger partial charge in [0.2, 0.25) is 0 Å². The number of hydrogen-bond donors (Lipinski definition) is 1. The van der Waals surface area contributed by atoms with Gasteiger partial charge in [-0.3, -0.25) is 0 Å². The number of benzene rings is 2. The average molecular weight is 480 g/mol. The van der Waals surface area contributed by atoms with Crippen molar-refractivity contribution in [3.05, 3.63) is 59.4 Å². The van der Waals surface area contributed by atoms with E-state index in [1.54, 1.807) is 6.92 Å². The van der Waals surface area contributed by atoms with Gasteiger partial charge in [-0.15, -0.1) is 0 Å². The van der Waals surface area contributed by atoms with E-state index in [-0.39, 0.29) is 34.3 Å². The predicted molar refractivity (Wildman–Crippen MR) is 107 cm³/mol. The van der Waals surface area contributed by atoms with Gasteiger partial charge in [-0.2, -0.15) is 26.3 Å². The van der Waals surface area contributed by atoms with Crippen molar-refractivity contribution in [2.45, 2.75) is 48.3 Å². The Balaban J connectivity index is 1.76. The van der Waals surface area contributed by atoms with Crippen molar-refractivity contribution in [3.8, 4) is 0 Å². The fourth-order valence-electron chi connectivity index (χ4n) is 3.85. The van der Waals surface area contributed by atoms with Gasteiger partial charge in [0, 0.05) is 22.7 Å². The smallest absolute Gasteiger partial charge is 0.319 e. The molecule has 2 aromatic carbocycles. The second-order valence-corrected chi connectivity index (χ2v) is 8.89. The lowest BCUT2D eigenvalue weighted by molar-refractivity contribution is -0.140. The molecule has 1 aliphatic heterocycles. The lowest BCUT2D eigenvalue weighted by atomic mass is 9.89. The van der Waals surface area contributed by atoms with Gasteiger partial charge in [-0.05, 0) is 73.8 Å². The molecule has 0 radical (unpaired) electrons. The van der Waals surface area contributed by atoms with Crippen LogP contribution in [0, 0.1) is 5.82 Å². The van der Waals surface area contributed by atoms with E-state index < -0.39 is 34.6 Å². The molecular weight excluding hydrogens is 461 g/mol. The average Bonchev–Trinajstić information content (AvgIpc) is 3.02. The molecule has 1 unspecified atom stereocenters. The summed E-state index contributed by atoms with van der Waals surface area (Å²) in [4.78, 5) is 14.2. The highest BCUT2D eigenvalue weighted by Crippen LogP contribution is 2.38. The van der Waals surface area contributed by atoms with Crippen LogP contribution in [-0.2, 0) is 12.6 Å². The van der Waals surface area contributed by atoms with Crippen LogP contribution < -0.4 is 5.32 Å².